The lowest BCUT2D eigenvalue weighted by Gasteiger charge is -1.93. The molecule has 0 aromatic heterocycles. The number of aliphatic hydroxyl groups is 1. The summed E-state index contributed by atoms with van der Waals surface area (Å²) < 4.78 is 52.9. The molecule has 6 heavy (non-hydrogen) atoms. The van der Waals surface area contributed by atoms with E-state index in [1.807, 2.05) is 0 Å². The van der Waals surface area contributed by atoms with E-state index in [0.717, 1.165) is 0 Å². The Hall–Kier alpha value is -0.0800. The van der Waals surface area contributed by atoms with Crippen LogP contribution in [0.25, 0.3) is 0 Å². The van der Waals surface area contributed by atoms with E-state index >= 15 is 0 Å². The Balaban J connectivity index is 3.24. The van der Waals surface area contributed by atoms with Gasteiger partial charge in [0, 0.05) is 18.4 Å². The van der Waals surface area contributed by atoms with Crippen molar-refractivity contribution in [1.29, 1.82) is 0 Å². The Kier molecular flexibility index (Phi) is 0.226. The minimum absolute atomic E-state index is 3.02. The molecule has 0 saturated carbocycles. The van der Waals surface area contributed by atoms with E-state index in [1.54, 1.807) is 0 Å². The topological polar surface area (TPSA) is 29.5 Å². The highest BCUT2D eigenvalue weighted by atomic mass is 16.6. The van der Waals surface area contributed by atoms with Gasteiger partial charge in [0.25, 0.3) is 0 Å². The standard InChI is InChI=1S/C4H8O2/c5-4-2-1-3-6-4/h4-5H,1-3H2/i1D2,2D2,3D2,4D. The molecule has 36 valence electrons. The summed E-state index contributed by atoms with van der Waals surface area (Å²) in [6.45, 7) is -3.02. The normalized spacial score (nSPS) is 89.2. The van der Waals surface area contributed by atoms with Crippen molar-refractivity contribution in [2.24, 2.45) is 0 Å². The van der Waals surface area contributed by atoms with E-state index in [2.05, 4.69) is 4.74 Å². The number of rotatable bonds is 0. The maximum absolute atomic E-state index is 8.98. The fraction of sp³-hybridized carbons (Fsp3) is 1.00. The Morgan fingerprint density at radius 3 is 3.17 bits per heavy atom. The number of hydrogen-bond donors (Lipinski definition) is 1. The van der Waals surface area contributed by atoms with Crippen LogP contribution in [0, 0.1) is 0 Å². The van der Waals surface area contributed by atoms with Gasteiger partial charge in [0.1, 0.15) is 0 Å². The first-order valence-electron chi connectivity index (χ1n) is 4.88. The molecule has 1 aliphatic heterocycles. The summed E-state index contributed by atoms with van der Waals surface area (Å²) in [5, 5.41) is 8.98. The molecular weight excluding hydrogens is 80.0 g/mol. The van der Waals surface area contributed by atoms with Gasteiger partial charge >= 0.3 is 0 Å². The summed E-state index contributed by atoms with van der Waals surface area (Å²) in [7, 11) is 0. The molecule has 0 bridgehead atoms. The quantitative estimate of drug-likeness (QED) is 0.463. The van der Waals surface area contributed by atoms with Crippen molar-refractivity contribution in [3.05, 3.63) is 0 Å². The highest BCUT2D eigenvalue weighted by Gasteiger charge is 2.09. The second kappa shape index (κ2) is 1.58. The van der Waals surface area contributed by atoms with Gasteiger partial charge in [-0.25, -0.2) is 0 Å². The lowest BCUT2D eigenvalue weighted by atomic mass is 10.4. The van der Waals surface area contributed by atoms with Crippen LogP contribution >= 0.6 is 0 Å². The van der Waals surface area contributed by atoms with Gasteiger partial charge in [-0.2, -0.15) is 0 Å². The average Bonchev–Trinajstić information content (AvgIpc) is 1.88. The number of ether oxygens (including phenoxy) is 1. The van der Waals surface area contributed by atoms with Gasteiger partial charge in [0.2, 0.25) is 0 Å². The first kappa shape index (κ1) is 0.858. The van der Waals surface area contributed by atoms with Gasteiger partial charge in [-0.1, -0.05) is 0 Å². The summed E-state index contributed by atoms with van der Waals surface area (Å²) in [6.07, 6.45) is -9.40. The maximum atomic E-state index is 8.98. The van der Waals surface area contributed by atoms with Crippen LogP contribution in [0.3, 0.4) is 0 Å². The molecule has 0 radical (unpaired) electrons. The second-order valence-corrected chi connectivity index (χ2v) is 0.759. The predicted molar refractivity (Wildman–Crippen MR) is 21.2 cm³/mol. The molecule has 1 heterocycles. The van der Waals surface area contributed by atoms with Crippen molar-refractivity contribution >= 4 is 0 Å². The Morgan fingerprint density at radius 1 is 2.17 bits per heavy atom. The molecule has 0 aromatic rings. The molecule has 1 N–H and O–H groups in total. The summed E-state index contributed by atoms with van der Waals surface area (Å²) in [4.78, 5) is 0. The van der Waals surface area contributed by atoms with Crippen molar-refractivity contribution < 1.29 is 19.4 Å². The summed E-state index contributed by atoms with van der Waals surface area (Å²) >= 11 is 0. The maximum Gasteiger partial charge on any atom is 0.154 e. The van der Waals surface area contributed by atoms with Crippen LogP contribution in [-0.4, -0.2) is 17.9 Å². The second-order valence-electron chi connectivity index (χ2n) is 0.759. The Labute approximate surface area is 46.6 Å². The zero-order valence-electron chi connectivity index (χ0n) is 9.86. The third-order valence-corrected chi connectivity index (χ3v) is 0.368. The van der Waals surface area contributed by atoms with Crippen molar-refractivity contribution in [2.45, 2.75) is 19.0 Å². The highest BCUT2D eigenvalue weighted by molar-refractivity contribution is 4.49. The fourth-order valence-corrected chi connectivity index (χ4v) is 0.178. The third-order valence-electron chi connectivity index (χ3n) is 0.368. The van der Waals surface area contributed by atoms with E-state index in [-0.39, 0.29) is 0 Å². The van der Waals surface area contributed by atoms with Gasteiger partial charge in [-0.3, -0.25) is 0 Å². The lowest BCUT2D eigenvalue weighted by molar-refractivity contribution is -0.0589. The van der Waals surface area contributed by atoms with Crippen LogP contribution in [0.1, 0.15) is 22.3 Å². The SMILES string of the molecule is [2H]C1([2H])OC([2H])(O)C([2H])([2H])C1([2H])[2H]. The van der Waals surface area contributed by atoms with E-state index in [0.29, 0.717) is 0 Å². The van der Waals surface area contributed by atoms with E-state index < -0.39 is 25.6 Å². The highest BCUT2D eigenvalue weighted by Crippen LogP contribution is 2.06. The molecule has 1 fully saturated rings. The molecular formula is C4H8O2. The average molecular weight is 95.1 g/mol. The first-order valence-corrected chi connectivity index (χ1v) is 1.38. The molecule has 2 nitrogen and oxygen atoms in total. The molecule has 1 atom stereocenters. The molecule has 1 rings (SSSR count). The van der Waals surface area contributed by atoms with Crippen LogP contribution in [-0.2, 0) is 4.74 Å². The zero-order chi connectivity index (χ0) is 10.7. The fourth-order valence-electron chi connectivity index (χ4n) is 0.178. The molecule has 2 heteroatoms. The van der Waals surface area contributed by atoms with Gasteiger partial charge in [-0.05, 0) is 6.37 Å². The van der Waals surface area contributed by atoms with Crippen molar-refractivity contribution in [1.82, 2.24) is 0 Å². The monoisotopic (exact) mass is 95.1 g/mol. The molecule has 0 aromatic carbocycles. The summed E-state index contributed by atoms with van der Waals surface area (Å²) in [6, 6.07) is 0. The molecule has 0 spiro atoms. The Morgan fingerprint density at radius 2 is 3.00 bits per heavy atom. The smallest absolute Gasteiger partial charge is 0.154 e. The molecule has 1 aliphatic rings. The molecule has 0 amide bonds. The van der Waals surface area contributed by atoms with Crippen LogP contribution in [0.5, 0.6) is 0 Å². The van der Waals surface area contributed by atoms with Gasteiger partial charge in [0.15, 0.2) is 6.27 Å². The lowest BCUT2D eigenvalue weighted by Crippen LogP contribution is -1.99. The van der Waals surface area contributed by atoms with E-state index in [1.165, 1.54) is 0 Å². The van der Waals surface area contributed by atoms with Gasteiger partial charge in [-0.15, -0.1) is 0 Å². The minimum Gasteiger partial charge on any atom is -0.368 e. The molecule has 1 unspecified atom stereocenters. The first-order chi connectivity index (χ1) is 5.46. The van der Waals surface area contributed by atoms with E-state index in [9.17, 15) is 0 Å². The van der Waals surface area contributed by atoms with Crippen molar-refractivity contribution in [3.63, 3.8) is 0 Å². The number of hydrogen-bond acceptors (Lipinski definition) is 2. The third kappa shape index (κ3) is 0.698. The summed E-state index contributed by atoms with van der Waals surface area (Å²) in [5.41, 5.74) is 0. The molecule has 0 aliphatic carbocycles. The van der Waals surface area contributed by atoms with E-state index in [4.69, 9.17) is 14.7 Å². The zero-order valence-corrected chi connectivity index (χ0v) is 2.86. The minimum atomic E-state index is -3.21. The van der Waals surface area contributed by atoms with Crippen molar-refractivity contribution in [2.75, 3.05) is 6.56 Å². The Bertz CT molecular complexity index is 211. The van der Waals surface area contributed by atoms with Gasteiger partial charge < -0.3 is 9.84 Å². The predicted octanol–water partition coefficient (Wildman–Crippen LogP) is 0.115. The van der Waals surface area contributed by atoms with Crippen LogP contribution in [0.15, 0.2) is 0 Å². The van der Waals surface area contributed by atoms with Crippen molar-refractivity contribution in [3.8, 4) is 0 Å². The summed E-state index contributed by atoms with van der Waals surface area (Å²) in [5.74, 6) is 0. The van der Waals surface area contributed by atoms with Gasteiger partial charge in [0.05, 0.1) is 4.11 Å². The largest absolute Gasteiger partial charge is 0.368 e. The van der Waals surface area contributed by atoms with Crippen LogP contribution < -0.4 is 0 Å². The molecule has 1 saturated heterocycles. The van der Waals surface area contributed by atoms with Crippen LogP contribution in [0.2, 0.25) is 0 Å². The van der Waals surface area contributed by atoms with Crippen LogP contribution in [0.4, 0.5) is 0 Å².